The van der Waals surface area contributed by atoms with Crippen LogP contribution in [0.15, 0.2) is 71.3 Å². The number of hydrogen-bond acceptors (Lipinski definition) is 3. The summed E-state index contributed by atoms with van der Waals surface area (Å²) in [4.78, 5) is 11.9. The summed E-state index contributed by atoms with van der Waals surface area (Å²) in [5.41, 5.74) is 6.77. The Labute approximate surface area is 141 Å². The van der Waals surface area contributed by atoms with Gasteiger partial charge in [0.1, 0.15) is 5.75 Å². The summed E-state index contributed by atoms with van der Waals surface area (Å²) in [5, 5.41) is 4.13. The predicted molar refractivity (Wildman–Crippen MR) is 95.9 cm³/mol. The number of amides is 1. The molecule has 4 nitrogen and oxygen atoms in total. The van der Waals surface area contributed by atoms with Crippen molar-refractivity contribution in [3.8, 4) is 16.9 Å². The maximum Gasteiger partial charge on any atom is 0.277 e. The first-order valence-corrected chi connectivity index (χ1v) is 8.02. The van der Waals surface area contributed by atoms with Crippen LogP contribution in [-0.4, -0.2) is 18.2 Å². The van der Waals surface area contributed by atoms with Gasteiger partial charge in [-0.1, -0.05) is 54.1 Å². The summed E-state index contributed by atoms with van der Waals surface area (Å²) >= 11 is 0. The normalized spacial score (nSPS) is 15.2. The number of nitrogens with zero attached hydrogens (tertiary/aromatic N) is 1. The molecule has 0 spiro atoms. The van der Waals surface area contributed by atoms with Crippen molar-refractivity contribution in [2.75, 3.05) is 6.61 Å². The summed E-state index contributed by atoms with van der Waals surface area (Å²) < 4.78 is 5.69. The number of hydrazone groups is 1. The first-order valence-electron chi connectivity index (χ1n) is 8.02. The third-order valence-corrected chi connectivity index (χ3v) is 3.84. The zero-order chi connectivity index (χ0) is 16.8. The predicted octanol–water partition coefficient (Wildman–Crippen LogP) is 3.94. The van der Waals surface area contributed by atoms with E-state index in [2.05, 4.69) is 17.5 Å². The molecular formula is C20H20N2O2. The topological polar surface area (TPSA) is 50.7 Å². The molecule has 24 heavy (non-hydrogen) atoms. The first kappa shape index (κ1) is 16.0. The van der Waals surface area contributed by atoms with Crippen molar-refractivity contribution in [3.63, 3.8) is 0 Å². The molecule has 1 N–H and O–H groups in total. The summed E-state index contributed by atoms with van der Waals surface area (Å²) in [6.45, 7) is 2.00. The number of ether oxygens (including phenoxy) is 1. The molecule has 0 unspecified atom stereocenters. The molecule has 122 valence electrons. The van der Waals surface area contributed by atoms with Crippen molar-refractivity contribution in [1.29, 1.82) is 0 Å². The average molecular weight is 320 g/mol. The van der Waals surface area contributed by atoms with Gasteiger partial charge in [0.2, 0.25) is 0 Å². The minimum atomic E-state index is -0.261. The van der Waals surface area contributed by atoms with Gasteiger partial charge in [-0.05, 0) is 37.5 Å². The van der Waals surface area contributed by atoms with Gasteiger partial charge in [-0.3, -0.25) is 4.79 Å². The minimum absolute atomic E-state index is 0.0661. The molecule has 0 bridgehead atoms. The quantitative estimate of drug-likeness (QED) is 0.848. The molecule has 2 aromatic rings. The molecule has 4 heteroatoms. The third kappa shape index (κ3) is 4.10. The molecule has 2 aromatic carbocycles. The Balaban J connectivity index is 1.62. The molecular weight excluding hydrogens is 300 g/mol. The minimum Gasteiger partial charge on any atom is -0.483 e. The number of allylic oxidation sites excluding steroid dienone is 2. The second kappa shape index (κ2) is 7.59. The van der Waals surface area contributed by atoms with E-state index in [4.69, 9.17) is 4.74 Å². The van der Waals surface area contributed by atoms with Crippen LogP contribution in [0, 0.1) is 0 Å². The Morgan fingerprint density at radius 2 is 1.83 bits per heavy atom. The Hall–Kier alpha value is -2.88. The molecule has 0 atom stereocenters. The Morgan fingerprint density at radius 3 is 2.58 bits per heavy atom. The lowest BCUT2D eigenvalue weighted by atomic mass is 10.1. The number of rotatable bonds is 5. The average Bonchev–Trinajstić information content (AvgIpc) is 3.04. The van der Waals surface area contributed by atoms with Gasteiger partial charge in [0.15, 0.2) is 6.61 Å². The van der Waals surface area contributed by atoms with Crippen molar-refractivity contribution in [1.82, 2.24) is 5.43 Å². The first-order chi connectivity index (χ1) is 11.7. The van der Waals surface area contributed by atoms with Gasteiger partial charge in [-0.2, -0.15) is 5.10 Å². The van der Waals surface area contributed by atoms with Gasteiger partial charge in [-0.15, -0.1) is 0 Å². The van der Waals surface area contributed by atoms with E-state index in [0.717, 1.165) is 29.7 Å². The third-order valence-electron chi connectivity index (χ3n) is 3.84. The highest BCUT2D eigenvalue weighted by Gasteiger charge is 2.09. The van der Waals surface area contributed by atoms with Gasteiger partial charge in [0, 0.05) is 5.56 Å². The van der Waals surface area contributed by atoms with Crippen LogP contribution in [0.1, 0.15) is 19.8 Å². The van der Waals surface area contributed by atoms with Crippen LogP contribution >= 0.6 is 0 Å². The number of carbonyl (C=O) groups excluding carboxylic acids is 1. The van der Waals surface area contributed by atoms with E-state index in [0.29, 0.717) is 5.75 Å². The Kier molecular flexibility index (Phi) is 5.06. The van der Waals surface area contributed by atoms with Crippen LogP contribution in [0.5, 0.6) is 5.75 Å². The van der Waals surface area contributed by atoms with Crippen LogP contribution < -0.4 is 10.2 Å². The summed E-state index contributed by atoms with van der Waals surface area (Å²) in [6.07, 6.45) is 3.89. The van der Waals surface area contributed by atoms with E-state index in [1.165, 1.54) is 5.57 Å². The lowest BCUT2D eigenvalue weighted by Gasteiger charge is -2.11. The molecule has 0 saturated heterocycles. The number of benzene rings is 2. The number of nitrogens with one attached hydrogen (secondary N) is 1. The highest BCUT2D eigenvalue weighted by Crippen LogP contribution is 2.29. The van der Waals surface area contributed by atoms with Gasteiger partial charge >= 0.3 is 0 Å². The molecule has 3 rings (SSSR count). The molecule has 1 aliphatic carbocycles. The van der Waals surface area contributed by atoms with Crippen LogP contribution in [-0.2, 0) is 4.79 Å². The fraction of sp³-hybridized carbons (Fsp3) is 0.200. The van der Waals surface area contributed by atoms with Crippen molar-refractivity contribution in [2.45, 2.75) is 19.8 Å². The lowest BCUT2D eigenvalue weighted by Crippen LogP contribution is -2.25. The van der Waals surface area contributed by atoms with E-state index >= 15 is 0 Å². The summed E-state index contributed by atoms with van der Waals surface area (Å²) in [7, 11) is 0. The molecule has 0 aromatic heterocycles. The number of carbonyl (C=O) groups is 1. The van der Waals surface area contributed by atoms with E-state index in [-0.39, 0.29) is 12.5 Å². The largest absolute Gasteiger partial charge is 0.483 e. The second-order valence-corrected chi connectivity index (χ2v) is 5.78. The number of para-hydroxylation sites is 1. The Bertz CT molecular complexity index is 779. The second-order valence-electron chi connectivity index (χ2n) is 5.78. The van der Waals surface area contributed by atoms with Crippen molar-refractivity contribution in [2.24, 2.45) is 5.10 Å². The van der Waals surface area contributed by atoms with Crippen molar-refractivity contribution >= 4 is 11.6 Å². The van der Waals surface area contributed by atoms with E-state index in [9.17, 15) is 4.79 Å². The summed E-state index contributed by atoms with van der Waals surface area (Å²) in [6, 6.07) is 17.7. The highest BCUT2D eigenvalue weighted by atomic mass is 16.5. The lowest BCUT2D eigenvalue weighted by molar-refractivity contribution is -0.123. The van der Waals surface area contributed by atoms with Crippen LogP contribution in [0.25, 0.3) is 11.1 Å². The molecule has 1 amide bonds. The fourth-order valence-electron chi connectivity index (χ4n) is 2.60. The standard InChI is InChI=1S/C20H20N2O2/c1-15-11-12-17(13-15)21-22-20(23)14-24-19-10-6-5-9-18(19)16-7-3-2-4-8-16/h2-10,13H,11-12,14H2,1H3,(H,22,23). The van der Waals surface area contributed by atoms with E-state index in [1.807, 2.05) is 60.7 Å². The van der Waals surface area contributed by atoms with E-state index in [1.54, 1.807) is 0 Å². The smallest absolute Gasteiger partial charge is 0.277 e. The van der Waals surface area contributed by atoms with Crippen LogP contribution in [0.4, 0.5) is 0 Å². The zero-order valence-corrected chi connectivity index (χ0v) is 13.7. The van der Waals surface area contributed by atoms with Gasteiger partial charge in [0.25, 0.3) is 5.91 Å². The molecule has 0 aliphatic heterocycles. The molecule has 0 heterocycles. The molecule has 0 radical (unpaired) electrons. The van der Waals surface area contributed by atoms with Gasteiger partial charge in [0.05, 0.1) is 5.71 Å². The number of hydrogen-bond donors (Lipinski definition) is 1. The van der Waals surface area contributed by atoms with Crippen LogP contribution in [0.2, 0.25) is 0 Å². The maximum atomic E-state index is 11.9. The van der Waals surface area contributed by atoms with Crippen molar-refractivity contribution < 1.29 is 9.53 Å². The SMILES string of the molecule is CC1=CC(=NNC(=O)COc2ccccc2-c2ccccc2)CC1. The highest BCUT2D eigenvalue weighted by molar-refractivity contribution is 5.98. The monoisotopic (exact) mass is 320 g/mol. The summed E-state index contributed by atoms with van der Waals surface area (Å²) in [5.74, 6) is 0.423. The Morgan fingerprint density at radius 1 is 1.08 bits per heavy atom. The van der Waals surface area contributed by atoms with Crippen molar-refractivity contribution in [3.05, 3.63) is 66.2 Å². The molecule has 0 fully saturated rings. The van der Waals surface area contributed by atoms with Gasteiger partial charge < -0.3 is 4.74 Å². The maximum absolute atomic E-state index is 11.9. The van der Waals surface area contributed by atoms with E-state index < -0.39 is 0 Å². The fourth-order valence-corrected chi connectivity index (χ4v) is 2.60. The van der Waals surface area contributed by atoms with Gasteiger partial charge in [-0.25, -0.2) is 5.43 Å². The zero-order valence-electron chi connectivity index (χ0n) is 13.7. The molecule has 0 saturated carbocycles. The van der Waals surface area contributed by atoms with Crippen LogP contribution in [0.3, 0.4) is 0 Å². The molecule has 1 aliphatic rings.